The molecule has 0 unspecified atom stereocenters. The minimum Gasteiger partial charge on any atom is -0.495 e. The van der Waals surface area contributed by atoms with Gasteiger partial charge in [-0.05, 0) is 93.3 Å². The first-order valence-corrected chi connectivity index (χ1v) is 11.8. The Labute approximate surface area is 174 Å². The monoisotopic (exact) mass is 417 g/mol. The van der Waals surface area contributed by atoms with Crippen molar-refractivity contribution in [2.45, 2.75) is 63.4 Å². The Kier molecular flexibility index (Phi) is 7.19. The summed E-state index contributed by atoms with van der Waals surface area (Å²) < 4.78 is 39.6. The van der Waals surface area contributed by atoms with Gasteiger partial charge in [-0.2, -0.15) is 0 Å². The minimum absolute atomic E-state index is 0.128. The van der Waals surface area contributed by atoms with Crippen molar-refractivity contribution in [1.82, 2.24) is 4.72 Å². The molecule has 1 aliphatic rings. The normalized spacial score (nSPS) is 13.9. The molecule has 0 amide bonds. The van der Waals surface area contributed by atoms with E-state index in [2.05, 4.69) is 4.72 Å². The third-order valence-corrected chi connectivity index (χ3v) is 6.60. The molecular weight excluding hydrogens is 386 g/mol. The van der Waals surface area contributed by atoms with Crippen molar-refractivity contribution in [2.75, 3.05) is 13.7 Å². The van der Waals surface area contributed by atoms with E-state index in [0.29, 0.717) is 18.7 Å². The lowest BCUT2D eigenvalue weighted by Gasteiger charge is -2.19. The molecule has 0 saturated carbocycles. The molecule has 0 spiro atoms. The van der Waals surface area contributed by atoms with Gasteiger partial charge >= 0.3 is 0 Å². The third-order valence-electron chi connectivity index (χ3n) is 5.12. The molecule has 0 heterocycles. The number of methoxy groups -OCH3 is 1. The number of rotatable bonds is 9. The van der Waals surface area contributed by atoms with E-state index in [1.54, 1.807) is 6.07 Å². The molecule has 0 radical (unpaired) electrons. The van der Waals surface area contributed by atoms with Gasteiger partial charge in [0, 0.05) is 6.54 Å². The van der Waals surface area contributed by atoms with Crippen LogP contribution in [0.15, 0.2) is 41.3 Å². The van der Waals surface area contributed by atoms with Gasteiger partial charge in [-0.3, -0.25) is 0 Å². The van der Waals surface area contributed by atoms with Gasteiger partial charge in [-0.15, -0.1) is 0 Å². The van der Waals surface area contributed by atoms with Crippen LogP contribution >= 0.6 is 0 Å². The molecule has 29 heavy (non-hydrogen) atoms. The van der Waals surface area contributed by atoms with Gasteiger partial charge < -0.3 is 9.47 Å². The lowest BCUT2D eigenvalue weighted by molar-refractivity contribution is 0.242. The van der Waals surface area contributed by atoms with Gasteiger partial charge in [-0.25, -0.2) is 13.1 Å². The Bertz CT molecular complexity index is 938. The highest BCUT2D eigenvalue weighted by molar-refractivity contribution is 7.89. The predicted molar refractivity (Wildman–Crippen MR) is 115 cm³/mol. The Morgan fingerprint density at radius 1 is 1.07 bits per heavy atom. The first-order valence-electron chi connectivity index (χ1n) is 10.3. The molecule has 6 heteroatoms. The van der Waals surface area contributed by atoms with Crippen LogP contribution in [-0.2, 0) is 29.3 Å². The van der Waals surface area contributed by atoms with Gasteiger partial charge in [0.25, 0.3) is 0 Å². The number of ether oxygens (including phenoxy) is 2. The quantitative estimate of drug-likeness (QED) is 0.619. The first kappa shape index (κ1) is 21.7. The van der Waals surface area contributed by atoms with Gasteiger partial charge in [0.2, 0.25) is 10.0 Å². The third kappa shape index (κ3) is 5.73. The van der Waals surface area contributed by atoms with E-state index in [9.17, 15) is 8.42 Å². The van der Waals surface area contributed by atoms with E-state index in [0.717, 1.165) is 49.0 Å². The van der Waals surface area contributed by atoms with Crippen LogP contribution in [0.2, 0.25) is 0 Å². The fourth-order valence-electron chi connectivity index (χ4n) is 3.73. The standard InChI is InChI=1S/C23H31NO4S/c1-17(2)28-21-12-6-8-18(14-21)9-7-13-24-29(25,26)23-16-20-11-5-4-10-19(20)15-22(23)27-3/h6,8,12,14-17,24H,4-5,7,9-11,13H2,1-3H3. The van der Waals surface area contributed by atoms with Crippen molar-refractivity contribution in [1.29, 1.82) is 0 Å². The summed E-state index contributed by atoms with van der Waals surface area (Å²) in [5.74, 6) is 1.27. The lowest BCUT2D eigenvalue weighted by Crippen LogP contribution is -2.26. The van der Waals surface area contributed by atoms with Crippen molar-refractivity contribution >= 4 is 10.0 Å². The molecule has 0 bridgehead atoms. The molecule has 3 rings (SSSR count). The van der Waals surface area contributed by atoms with Crippen LogP contribution in [0.25, 0.3) is 0 Å². The summed E-state index contributed by atoms with van der Waals surface area (Å²) in [6.07, 6.45) is 5.77. The van der Waals surface area contributed by atoms with E-state index in [1.807, 2.05) is 44.2 Å². The number of sulfonamides is 1. The predicted octanol–water partition coefficient (Wildman–Crippen LogP) is 4.27. The molecule has 0 aromatic heterocycles. The Morgan fingerprint density at radius 2 is 1.79 bits per heavy atom. The summed E-state index contributed by atoms with van der Waals surface area (Å²) in [6, 6.07) is 11.6. The largest absolute Gasteiger partial charge is 0.495 e. The summed E-state index contributed by atoms with van der Waals surface area (Å²) in [5, 5.41) is 0. The van der Waals surface area contributed by atoms with Crippen LogP contribution < -0.4 is 14.2 Å². The Morgan fingerprint density at radius 3 is 2.48 bits per heavy atom. The molecule has 0 aliphatic heterocycles. The number of hydrogen-bond acceptors (Lipinski definition) is 4. The summed E-state index contributed by atoms with van der Waals surface area (Å²) in [6.45, 7) is 4.37. The van der Waals surface area contributed by atoms with E-state index in [1.165, 1.54) is 12.7 Å². The molecule has 1 N–H and O–H groups in total. The fraction of sp³-hybridized carbons (Fsp3) is 0.478. The molecule has 2 aromatic rings. The maximum atomic E-state index is 12.9. The second kappa shape index (κ2) is 9.63. The molecule has 0 atom stereocenters. The molecule has 2 aromatic carbocycles. The Balaban J connectivity index is 1.62. The number of aryl methyl sites for hydroxylation is 3. The number of benzene rings is 2. The van der Waals surface area contributed by atoms with Crippen LogP contribution in [0.3, 0.4) is 0 Å². The van der Waals surface area contributed by atoms with Gasteiger partial charge in [0.05, 0.1) is 13.2 Å². The zero-order valence-corrected chi connectivity index (χ0v) is 18.3. The van der Waals surface area contributed by atoms with E-state index in [4.69, 9.17) is 9.47 Å². The van der Waals surface area contributed by atoms with Crippen molar-refractivity contribution < 1.29 is 17.9 Å². The number of fused-ring (bicyclic) bond motifs is 1. The molecule has 158 valence electrons. The van der Waals surface area contributed by atoms with Crippen LogP contribution in [0.5, 0.6) is 11.5 Å². The van der Waals surface area contributed by atoms with Crippen molar-refractivity contribution in [3.63, 3.8) is 0 Å². The van der Waals surface area contributed by atoms with Crippen LogP contribution in [-0.4, -0.2) is 28.2 Å². The maximum Gasteiger partial charge on any atom is 0.244 e. The SMILES string of the molecule is COc1cc2c(cc1S(=O)(=O)NCCCc1cccc(OC(C)C)c1)CCCC2. The van der Waals surface area contributed by atoms with Gasteiger partial charge in [0.15, 0.2) is 0 Å². The summed E-state index contributed by atoms with van der Waals surface area (Å²) >= 11 is 0. The van der Waals surface area contributed by atoms with Crippen LogP contribution in [0.1, 0.15) is 49.8 Å². The Hall–Kier alpha value is -2.05. The molecular formula is C23H31NO4S. The highest BCUT2D eigenvalue weighted by Gasteiger charge is 2.22. The fourth-order valence-corrected chi connectivity index (χ4v) is 5.01. The minimum atomic E-state index is -3.61. The smallest absolute Gasteiger partial charge is 0.244 e. The van der Waals surface area contributed by atoms with E-state index < -0.39 is 10.0 Å². The average molecular weight is 418 g/mol. The zero-order chi connectivity index (χ0) is 20.9. The second-order valence-electron chi connectivity index (χ2n) is 7.79. The summed E-state index contributed by atoms with van der Waals surface area (Å²) in [4.78, 5) is 0.244. The average Bonchev–Trinajstić information content (AvgIpc) is 2.70. The molecule has 0 saturated heterocycles. The van der Waals surface area contributed by atoms with Crippen molar-refractivity contribution in [2.24, 2.45) is 0 Å². The van der Waals surface area contributed by atoms with E-state index in [-0.39, 0.29) is 11.0 Å². The number of hydrogen-bond donors (Lipinski definition) is 1. The zero-order valence-electron chi connectivity index (χ0n) is 17.5. The maximum absolute atomic E-state index is 12.9. The molecule has 5 nitrogen and oxygen atoms in total. The second-order valence-corrected chi connectivity index (χ2v) is 9.53. The van der Waals surface area contributed by atoms with Gasteiger partial charge in [-0.1, -0.05) is 12.1 Å². The topological polar surface area (TPSA) is 64.6 Å². The summed E-state index contributed by atoms with van der Waals surface area (Å²) in [7, 11) is -2.09. The highest BCUT2D eigenvalue weighted by atomic mass is 32.2. The molecule has 1 aliphatic carbocycles. The van der Waals surface area contributed by atoms with Crippen molar-refractivity contribution in [3.8, 4) is 11.5 Å². The van der Waals surface area contributed by atoms with Crippen molar-refractivity contribution in [3.05, 3.63) is 53.1 Å². The van der Waals surface area contributed by atoms with Gasteiger partial charge in [0.1, 0.15) is 16.4 Å². The first-order chi connectivity index (χ1) is 13.9. The summed E-state index contributed by atoms with van der Waals surface area (Å²) in [5.41, 5.74) is 3.46. The molecule has 0 fully saturated rings. The number of nitrogens with one attached hydrogen (secondary N) is 1. The van der Waals surface area contributed by atoms with Crippen LogP contribution in [0.4, 0.5) is 0 Å². The van der Waals surface area contributed by atoms with E-state index >= 15 is 0 Å². The van der Waals surface area contributed by atoms with Crippen LogP contribution in [0, 0.1) is 0 Å². The lowest BCUT2D eigenvalue weighted by atomic mass is 9.92. The highest BCUT2D eigenvalue weighted by Crippen LogP contribution is 2.31.